The number of halogens is 4. The Kier molecular flexibility index (Phi) is 7.26. The largest absolute Gasteiger partial charge is 0.349 e. The van der Waals surface area contributed by atoms with Crippen LogP contribution in [0.2, 0.25) is 10.0 Å². The number of nitrogens with zero attached hydrogens (tertiary/aromatic N) is 4. The molecule has 1 amide bonds. The Labute approximate surface area is 221 Å². The predicted molar refractivity (Wildman–Crippen MR) is 138 cm³/mol. The topological polar surface area (TPSA) is 81.8 Å². The van der Waals surface area contributed by atoms with Gasteiger partial charge < -0.3 is 5.32 Å². The van der Waals surface area contributed by atoms with Crippen LogP contribution in [0.15, 0.2) is 59.8 Å². The Balaban J connectivity index is 1.31. The summed E-state index contributed by atoms with van der Waals surface area (Å²) >= 11 is 12.3. The summed E-state index contributed by atoms with van der Waals surface area (Å²) < 4.78 is 29.9. The highest BCUT2D eigenvalue weighted by Gasteiger charge is 2.27. The molecule has 0 unspecified atom stereocenters. The molecule has 3 heterocycles. The summed E-state index contributed by atoms with van der Waals surface area (Å²) in [6.07, 6.45) is 4.37. The van der Waals surface area contributed by atoms with E-state index in [0.29, 0.717) is 30.1 Å². The number of hydrogen-bond acceptors (Lipinski definition) is 4. The van der Waals surface area contributed by atoms with Crippen LogP contribution in [0, 0.1) is 5.92 Å². The molecule has 0 spiro atoms. The summed E-state index contributed by atoms with van der Waals surface area (Å²) in [6, 6.07) is 10.0. The third-order valence-corrected chi connectivity index (χ3v) is 7.31. The molecule has 192 valence electrons. The molecule has 4 aromatic rings. The van der Waals surface area contributed by atoms with E-state index in [9.17, 15) is 18.4 Å². The molecule has 5 rings (SSSR count). The molecule has 1 aliphatic carbocycles. The fourth-order valence-electron chi connectivity index (χ4n) is 4.96. The first kappa shape index (κ1) is 25.4. The van der Waals surface area contributed by atoms with Crippen LogP contribution in [-0.4, -0.2) is 31.1 Å². The van der Waals surface area contributed by atoms with Gasteiger partial charge >= 0.3 is 5.69 Å². The van der Waals surface area contributed by atoms with Gasteiger partial charge in [-0.2, -0.15) is 0 Å². The first-order valence-corrected chi connectivity index (χ1v) is 12.6. The minimum atomic E-state index is -2.88. The van der Waals surface area contributed by atoms with Crippen molar-refractivity contribution >= 4 is 40.1 Å². The fourth-order valence-corrected chi connectivity index (χ4v) is 5.34. The van der Waals surface area contributed by atoms with Gasteiger partial charge in [0.1, 0.15) is 5.69 Å². The van der Waals surface area contributed by atoms with E-state index in [-0.39, 0.29) is 28.2 Å². The van der Waals surface area contributed by atoms with Gasteiger partial charge in [-0.25, -0.2) is 13.6 Å². The van der Waals surface area contributed by atoms with Crippen molar-refractivity contribution in [3.05, 3.63) is 86.8 Å². The van der Waals surface area contributed by atoms with Crippen molar-refractivity contribution in [1.29, 1.82) is 0 Å². The summed E-state index contributed by atoms with van der Waals surface area (Å²) in [6.45, 7) is 0.493. The normalized spacial score (nSPS) is 17.9. The predicted octanol–water partition coefficient (Wildman–Crippen LogP) is 5.82. The highest BCUT2D eigenvalue weighted by molar-refractivity contribution is 6.32. The SMILES string of the molecule is O=C(N[C@H]1CC[C@H](Cn2c(=O)n(-c3ccccc3Cl)c3ccncc32)CC1)c1cc(Cl)cnc1C(F)F. The van der Waals surface area contributed by atoms with Crippen LogP contribution in [0.4, 0.5) is 8.78 Å². The van der Waals surface area contributed by atoms with E-state index in [1.54, 1.807) is 39.7 Å². The first-order chi connectivity index (χ1) is 17.8. The number of pyridine rings is 2. The molecule has 0 radical (unpaired) electrons. The summed E-state index contributed by atoms with van der Waals surface area (Å²) in [5.74, 6) is -0.417. The van der Waals surface area contributed by atoms with Crippen LogP contribution in [0.25, 0.3) is 16.7 Å². The number of hydrogen-bond donors (Lipinski definition) is 1. The smallest absolute Gasteiger partial charge is 0.333 e. The zero-order chi connectivity index (χ0) is 26.1. The molecule has 1 N–H and O–H groups in total. The van der Waals surface area contributed by atoms with Gasteiger partial charge in [-0.05, 0) is 55.9 Å². The molecule has 37 heavy (non-hydrogen) atoms. The van der Waals surface area contributed by atoms with E-state index < -0.39 is 18.0 Å². The van der Waals surface area contributed by atoms with Gasteiger partial charge in [0.2, 0.25) is 0 Å². The third kappa shape index (κ3) is 5.10. The quantitative estimate of drug-likeness (QED) is 0.331. The minimum absolute atomic E-state index is 0.120. The molecule has 0 aliphatic heterocycles. The summed E-state index contributed by atoms with van der Waals surface area (Å²) in [4.78, 5) is 34.0. The van der Waals surface area contributed by atoms with Gasteiger partial charge in [-0.3, -0.25) is 23.9 Å². The average Bonchev–Trinajstić information content (AvgIpc) is 3.16. The maximum atomic E-state index is 13.5. The Bertz CT molecular complexity index is 1510. The monoisotopic (exact) mass is 545 g/mol. The fraction of sp³-hybridized carbons (Fsp3) is 0.308. The van der Waals surface area contributed by atoms with Crippen LogP contribution in [-0.2, 0) is 6.54 Å². The van der Waals surface area contributed by atoms with Gasteiger partial charge in [0.05, 0.1) is 38.5 Å². The van der Waals surface area contributed by atoms with E-state index >= 15 is 0 Å². The Hall–Kier alpha value is -3.30. The standard InChI is InChI=1S/C26H23Cl2F2N5O2/c27-16-11-18(23(24(29)30)32-12-16)25(36)33-17-7-5-15(6-8-17)14-34-22-13-31-10-9-21(22)35(26(34)37)20-4-2-1-3-19(20)28/h1-4,9-13,15,17,24H,5-8,14H2,(H,33,36)/t15-,17-. The van der Waals surface area contributed by atoms with Gasteiger partial charge in [-0.1, -0.05) is 35.3 Å². The molecule has 1 aromatic carbocycles. The van der Waals surface area contributed by atoms with Crippen LogP contribution in [0.1, 0.15) is 48.2 Å². The van der Waals surface area contributed by atoms with E-state index in [1.165, 1.54) is 6.07 Å². The van der Waals surface area contributed by atoms with Crippen LogP contribution >= 0.6 is 23.2 Å². The molecule has 11 heteroatoms. The second kappa shape index (κ2) is 10.6. The number of alkyl halides is 2. The zero-order valence-corrected chi connectivity index (χ0v) is 21.1. The van der Waals surface area contributed by atoms with Crippen molar-refractivity contribution in [2.75, 3.05) is 0 Å². The number of imidazole rings is 1. The van der Waals surface area contributed by atoms with Crippen molar-refractivity contribution in [2.24, 2.45) is 5.92 Å². The van der Waals surface area contributed by atoms with E-state index in [0.717, 1.165) is 30.1 Å². The Morgan fingerprint density at radius 1 is 1.08 bits per heavy atom. The first-order valence-electron chi connectivity index (χ1n) is 11.9. The maximum absolute atomic E-state index is 13.5. The molecule has 7 nitrogen and oxygen atoms in total. The van der Waals surface area contributed by atoms with Crippen molar-refractivity contribution in [3.63, 3.8) is 0 Å². The lowest BCUT2D eigenvalue weighted by atomic mass is 9.85. The van der Waals surface area contributed by atoms with E-state index in [2.05, 4.69) is 15.3 Å². The Morgan fingerprint density at radius 3 is 2.57 bits per heavy atom. The average molecular weight is 546 g/mol. The third-order valence-electron chi connectivity index (χ3n) is 6.78. The lowest BCUT2D eigenvalue weighted by molar-refractivity contribution is 0.0904. The molecular weight excluding hydrogens is 523 g/mol. The number of aromatic nitrogens is 4. The van der Waals surface area contributed by atoms with Crippen molar-refractivity contribution in [3.8, 4) is 5.69 Å². The number of rotatable bonds is 6. The van der Waals surface area contributed by atoms with Crippen molar-refractivity contribution < 1.29 is 13.6 Å². The molecule has 0 bridgehead atoms. The number of carbonyl (C=O) groups is 1. The number of fused-ring (bicyclic) bond motifs is 1. The van der Waals surface area contributed by atoms with Crippen molar-refractivity contribution in [1.82, 2.24) is 24.4 Å². The summed E-state index contributed by atoms with van der Waals surface area (Å²) in [7, 11) is 0. The van der Waals surface area contributed by atoms with Crippen molar-refractivity contribution in [2.45, 2.75) is 44.7 Å². The van der Waals surface area contributed by atoms with Gasteiger partial charge in [0, 0.05) is 25.0 Å². The van der Waals surface area contributed by atoms with E-state index in [1.807, 2.05) is 12.1 Å². The second-order valence-electron chi connectivity index (χ2n) is 9.12. The highest BCUT2D eigenvalue weighted by atomic mass is 35.5. The summed E-state index contributed by atoms with van der Waals surface area (Å²) in [5, 5.41) is 3.44. The second-order valence-corrected chi connectivity index (χ2v) is 9.97. The van der Waals surface area contributed by atoms with Crippen LogP contribution in [0.5, 0.6) is 0 Å². The number of carbonyl (C=O) groups excluding carboxylic acids is 1. The lowest BCUT2D eigenvalue weighted by Gasteiger charge is -2.29. The highest BCUT2D eigenvalue weighted by Crippen LogP contribution is 2.29. The number of para-hydroxylation sites is 1. The molecule has 1 fully saturated rings. The molecular formula is C26H23Cl2F2N5O2. The van der Waals surface area contributed by atoms with Gasteiger partial charge in [0.15, 0.2) is 0 Å². The maximum Gasteiger partial charge on any atom is 0.333 e. The Morgan fingerprint density at radius 2 is 1.84 bits per heavy atom. The van der Waals surface area contributed by atoms with Crippen LogP contribution in [0.3, 0.4) is 0 Å². The number of nitrogens with one attached hydrogen (secondary N) is 1. The number of benzene rings is 1. The van der Waals surface area contributed by atoms with Gasteiger partial charge in [0.25, 0.3) is 12.3 Å². The molecule has 0 atom stereocenters. The van der Waals surface area contributed by atoms with Crippen LogP contribution < -0.4 is 11.0 Å². The number of amides is 1. The zero-order valence-electron chi connectivity index (χ0n) is 19.6. The van der Waals surface area contributed by atoms with E-state index in [4.69, 9.17) is 23.2 Å². The lowest BCUT2D eigenvalue weighted by Crippen LogP contribution is -2.39. The molecule has 1 aliphatic rings. The minimum Gasteiger partial charge on any atom is -0.349 e. The summed E-state index contributed by atoms with van der Waals surface area (Å²) in [5.41, 5.74) is 1.05. The molecule has 1 saturated carbocycles. The molecule has 0 saturated heterocycles. The van der Waals surface area contributed by atoms with Gasteiger partial charge in [-0.15, -0.1) is 0 Å². The molecule has 3 aromatic heterocycles.